The number of carbonyl (C=O) groups excluding carboxylic acids is 2. The molecule has 0 fully saturated rings. The predicted molar refractivity (Wildman–Crippen MR) is 120 cm³/mol. The second-order valence-electron chi connectivity index (χ2n) is 6.52. The Bertz CT molecular complexity index is 1090. The maximum absolute atomic E-state index is 12.3. The third kappa shape index (κ3) is 5.98. The predicted octanol–water partition coefficient (Wildman–Crippen LogP) is 4.34. The lowest BCUT2D eigenvalue weighted by molar-refractivity contribution is -0.116. The van der Waals surface area contributed by atoms with Crippen LogP contribution >= 0.6 is 35.0 Å². The Morgan fingerprint density at radius 1 is 1.00 bits per heavy atom. The zero-order chi connectivity index (χ0) is 21.7. The van der Waals surface area contributed by atoms with E-state index in [2.05, 4.69) is 20.8 Å². The number of aryl methyl sites for hydroxylation is 1. The van der Waals surface area contributed by atoms with Crippen molar-refractivity contribution in [2.24, 2.45) is 7.05 Å². The third-order valence-corrected chi connectivity index (χ3v) is 5.84. The van der Waals surface area contributed by atoms with Crippen molar-refractivity contribution in [1.82, 2.24) is 14.8 Å². The van der Waals surface area contributed by atoms with Crippen LogP contribution in [0.2, 0.25) is 10.0 Å². The minimum Gasteiger partial charge on any atom is -0.326 e. The van der Waals surface area contributed by atoms with E-state index in [1.165, 1.54) is 11.8 Å². The molecule has 1 aromatic heterocycles. The molecule has 0 saturated heterocycles. The fourth-order valence-corrected chi connectivity index (χ4v) is 3.63. The molecule has 0 spiro atoms. The molecule has 0 aliphatic heterocycles. The molecule has 3 rings (SSSR count). The third-order valence-electron chi connectivity index (χ3n) is 4.08. The average molecular weight is 464 g/mol. The van der Waals surface area contributed by atoms with Crippen LogP contribution in [0.25, 0.3) is 0 Å². The Balaban J connectivity index is 1.54. The first-order valence-corrected chi connectivity index (χ1v) is 10.7. The Morgan fingerprint density at radius 3 is 2.47 bits per heavy atom. The van der Waals surface area contributed by atoms with Crippen LogP contribution < -0.4 is 10.6 Å². The molecule has 156 valence electrons. The summed E-state index contributed by atoms with van der Waals surface area (Å²) in [5.74, 6) is 0.245. The van der Waals surface area contributed by atoms with Crippen LogP contribution in [0, 0.1) is 6.92 Å². The summed E-state index contributed by atoms with van der Waals surface area (Å²) in [5.41, 5.74) is 2.36. The molecule has 0 aliphatic carbocycles. The van der Waals surface area contributed by atoms with Gasteiger partial charge in [0.05, 0.1) is 22.2 Å². The van der Waals surface area contributed by atoms with Crippen molar-refractivity contribution < 1.29 is 9.59 Å². The molecule has 0 unspecified atom stereocenters. The molecule has 0 atom stereocenters. The summed E-state index contributed by atoms with van der Waals surface area (Å²) < 4.78 is 1.69. The summed E-state index contributed by atoms with van der Waals surface area (Å²) in [7, 11) is 1.75. The first-order valence-electron chi connectivity index (χ1n) is 8.94. The molecule has 2 aromatic carbocycles. The zero-order valence-electron chi connectivity index (χ0n) is 16.3. The minimum absolute atomic E-state index is 0.0276. The van der Waals surface area contributed by atoms with Crippen molar-refractivity contribution in [2.75, 3.05) is 16.4 Å². The molecule has 2 N–H and O–H groups in total. The van der Waals surface area contributed by atoms with Crippen molar-refractivity contribution >= 4 is 58.2 Å². The molecule has 7 nitrogen and oxygen atoms in total. The SMILES string of the molecule is Cc1cccc(NC(=O)CSc2nnc(CC(=O)Nc3ccc(Cl)c(Cl)c3)n2C)c1. The smallest absolute Gasteiger partial charge is 0.234 e. The maximum Gasteiger partial charge on any atom is 0.234 e. The molecule has 3 aromatic rings. The number of aromatic nitrogens is 3. The number of thioether (sulfide) groups is 1. The summed E-state index contributed by atoms with van der Waals surface area (Å²) >= 11 is 13.1. The Labute approximate surface area is 188 Å². The van der Waals surface area contributed by atoms with Crippen molar-refractivity contribution in [3.8, 4) is 0 Å². The number of benzene rings is 2. The fraction of sp³-hybridized carbons (Fsp3) is 0.200. The molecule has 10 heteroatoms. The van der Waals surface area contributed by atoms with Gasteiger partial charge in [-0.2, -0.15) is 0 Å². The number of amides is 2. The highest BCUT2D eigenvalue weighted by Crippen LogP contribution is 2.25. The van der Waals surface area contributed by atoms with Gasteiger partial charge < -0.3 is 15.2 Å². The molecule has 0 aliphatic rings. The molecular formula is C20H19Cl2N5O2S. The van der Waals surface area contributed by atoms with Crippen LogP contribution in [0.15, 0.2) is 47.6 Å². The van der Waals surface area contributed by atoms with E-state index in [1.807, 2.05) is 31.2 Å². The van der Waals surface area contributed by atoms with Gasteiger partial charge in [0, 0.05) is 18.4 Å². The Kier molecular flexibility index (Phi) is 7.36. The normalized spacial score (nSPS) is 10.7. The lowest BCUT2D eigenvalue weighted by Crippen LogP contribution is -2.17. The van der Waals surface area contributed by atoms with Crippen molar-refractivity contribution in [3.05, 3.63) is 63.9 Å². The average Bonchev–Trinajstić information content (AvgIpc) is 3.02. The first-order chi connectivity index (χ1) is 14.3. The summed E-state index contributed by atoms with van der Waals surface area (Å²) in [5, 5.41) is 15.0. The van der Waals surface area contributed by atoms with E-state index in [-0.39, 0.29) is 24.0 Å². The van der Waals surface area contributed by atoms with E-state index in [0.717, 1.165) is 11.3 Å². The topological polar surface area (TPSA) is 88.9 Å². The first kappa shape index (κ1) is 22.1. The van der Waals surface area contributed by atoms with Gasteiger partial charge >= 0.3 is 0 Å². The molecule has 1 heterocycles. The van der Waals surface area contributed by atoms with Crippen LogP contribution in [0.5, 0.6) is 0 Å². The number of halogens is 2. The molecule has 30 heavy (non-hydrogen) atoms. The van der Waals surface area contributed by atoms with Crippen molar-refractivity contribution in [3.63, 3.8) is 0 Å². The van der Waals surface area contributed by atoms with E-state index < -0.39 is 0 Å². The molecule has 0 bridgehead atoms. The van der Waals surface area contributed by atoms with Crippen LogP contribution in [-0.4, -0.2) is 32.3 Å². The second kappa shape index (κ2) is 9.97. The summed E-state index contributed by atoms with van der Waals surface area (Å²) in [6, 6.07) is 12.4. The highest BCUT2D eigenvalue weighted by molar-refractivity contribution is 7.99. The standard InChI is InChI=1S/C20H19Cl2N5O2S/c1-12-4-3-5-13(8-12)24-19(29)11-30-20-26-25-17(27(20)2)10-18(28)23-14-6-7-15(21)16(22)9-14/h3-9H,10-11H2,1-2H3,(H,23,28)(H,24,29). The summed E-state index contributed by atoms with van der Waals surface area (Å²) in [4.78, 5) is 24.5. The van der Waals surface area contributed by atoms with Gasteiger partial charge in [0.15, 0.2) is 5.16 Å². The lowest BCUT2D eigenvalue weighted by Gasteiger charge is -2.07. The van der Waals surface area contributed by atoms with Crippen LogP contribution in [-0.2, 0) is 23.1 Å². The molecule has 0 radical (unpaired) electrons. The van der Waals surface area contributed by atoms with Gasteiger partial charge in [-0.05, 0) is 42.8 Å². The number of hydrogen-bond acceptors (Lipinski definition) is 5. The van der Waals surface area contributed by atoms with Gasteiger partial charge in [-0.1, -0.05) is 47.1 Å². The van der Waals surface area contributed by atoms with E-state index in [4.69, 9.17) is 23.2 Å². The zero-order valence-corrected chi connectivity index (χ0v) is 18.6. The summed E-state index contributed by atoms with van der Waals surface area (Å²) in [6.45, 7) is 1.96. The Hall–Kier alpha value is -2.55. The van der Waals surface area contributed by atoms with E-state index in [0.29, 0.717) is 26.7 Å². The van der Waals surface area contributed by atoms with Crippen LogP contribution in [0.1, 0.15) is 11.4 Å². The van der Waals surface area contributed by atoms with Gasteiger partial charge in [-0.25, -0.2) is 0 Å². The van der Waals surface area contributed by atoms with Gasteiger partial charge in [0.2, 0.25) is 11.8 Å². The molecule has 0 saturated carbocycles. The van der Waals surface area contributed by atoms with Gasteiger partial charge in [0.1, 0.15) is 5.82 Å². The number of anilines is 2. The maximum atomic E-state index is 12.3. The second-order valence-corrected chi connectivity index (χ2v) is 8.27. The largest absolute Gasteiger partial charge is 0.326 e. The van der Waals surface area contributed by atoms with Gasteiger partial charge in [-0.15, -0.1) is 10.2 Å². The quantitative estimate of drug-likeness (QED) is 0.508. The highest BCUT2D eigenvalue weighted by Gasteiger charge is 2.15. The number of rotatable bonds is 7. The van der Waals surface area contributed by atoms with Gasteiger partial charge in [0.25, 0.3) is 0 Å². The lowest BCUT2D eigenvalue weighted by atomic mass is 10.2. The van der Waals surface area contributed by atoms with Crippen molar-refractivity contribution in [2.45, 2.75) is 18.5 Å². The van der Waals surface area contributed by atoms with E-state index in [9.17, 15) is 9.59 Å². The molecular weight excluding hydrogens is 445 g/mol. The van der Waals surface area contributed by atoms with E-state index in [1.54, 1.807) is 29.8 Å². The number of nitrogens with zero attached hydrogens (tertiary/aromatic N) is 3. The number of hydrogen-bond donors (Lipinski definition) is 2. The van der Waals surface area contributed by atoms with Crippen molar-refractivity contribution in [1.29, 1.82) is 0 Å². The number of carbonyl (C=O) groups is 2. The Morgan fingerprint density at radius 2 is 1.73 bits per heavy atom. The highest BCUT2D eigenvalue weighted by atomic mass is 35.5. The minimum atomic E-state index is -0.266. The number of nitrogens with one attached hydrogen (secondary N) is 2. The van der Waals surface area contributed by atoms with Gasteiger partial charge in [-0.3, -0.25) is 9.59 Å². The monoisotopic (exact) mass is 463 g/mol. The molecule has 2 amide bonds. The fourth-order valence-electron chi connectivity index (χ4n) is 2.60. The summed E-state index contributed by atoms with van der Waals surface area (Å²) in [6.07, 6.45) is 0.0276. The van der Waals surface area contributed by atoms with E-state index >= 15 is 0 Å². The van der Waals surface area contributed by atoms with Crippen LogP contribution in [0.3, 0.4) is 0 Å². The van der Waals surface area contributed by atoms with Crippen LogP contribution in [0.4, 0.5) is 11.4 Å².